The summed E-state index contributed by atoms with van der Waals surface area (Å²) in [4.78, 5) is 3.98. The van der Waals surface area contributed by atoms with E-state index in [2.05, 4.69) is 18.0 Å². The monoisotopic (exact) mass is 248 g/mol. The Balaban J connectivity index is 2.17. The minimum absolute atomic E-state index is 0.203. The molecule has 0 amide bonds. The minimum atomic E-state index is -0.203. The highest BCUT2D eigenvalue weighted by Crippen LogP contribution is 2.45. The Kier molecular flexibility index (Phi) is 3.69. The molecule has 2 rings (SSSR count). The number of nitrogens with zero attached hydrogens (tertiary/aromatic N) is 2. The average Bonchev–Trinajstić information content (AvgIpc) is 2.76. The average molecular weight is 249 g/mol. The Hall–Kier alpha value is -1.07. The van der Waals surface area contributed by atoms with E-state index in [1.54, 1.807) is 12.4 Å². The van der Waals surface area contributed by atoms with Crippen LogP contribution in [0.25, 0.3) is 0 Å². The van der Waals surface area contributed by atoms with Crippen LogP contribution >= 0.6 is 11.6 Å². The maximum absolute atomic E-state index is 9.47. The number of pyridine rings is 1. The summed E-state index contributed by atoms with van der Waals surface area (Å²) in [6.45, 7) is 2.21. The second kappa shape index (κ2) is 5.06. The zero-order valence-electron chi connectivity index (χ0n) is 10.1. The largest absolute Gasteiger partial charge is 0.263 e. The van der Waals surface area contributed by atoms with Crippen molar-refractivity contribution in [2.24, 2.45) is 11.3 Å². The molecule has 0 aromatic carbocycles. The summed E-state index contributed by atoms with van der Waals surface area (Å²) in [5.74, 6) is 0.704. The van der Waals surface area contributed by atoms with Crippen LogP contribution < -0.4 is 0 Å². The lowest BCUT2D eigenvalue weighted by atomic mass is 9.81. The van der Waals surface area contributed by atoms with Gasteiger partial charge in [-0.25, -0.2) is 0 Å². The van der Waals surface area contributed by atoms with Gasteiger partial charge < -0.3 is 0 Å². The number of rotatable bonds is 3. The first kappa shape index (κ1) is 12.4. The summed E-state index contributed by atoms with van der Waals surface area (Å²) < 4.78 is 0. The fraction of sp³-hybridized carbons (Fsp3) is 0.571. The lowest BCUT2D eigenvalue weighted by molar-refractivity contribution is 0.381. The van der Waals surface area contributed by atoms with E-state index in [1.165, 1.54) is 12.8 Å². The quantitative estimate of drug-likeness (QED) is 0.811. The van der Waals surface area contributed by atoms with E-state index in [0.29, 0.717) is 10.9 Å². The molecular weight excluding hydrogens is 232 g/mol. The SMILES string of the molecule is CCC1CCC(C#N)(Cc2ccncc2Cl)C1. The topological polar surface area (TPSA) is 36.7 Å². The molecule has 2 atom stereocenters. The molecule has 90 valence electrons. The second-order valence-electron chi connectivity index (χ2n) is 5.05. The summed E-state index contributed by atoms with van der Waals surface area (Å²) in [6, 6.07) is 4.47. The summed E-state index contributed by atoms with van der Waals surface area (Å²) >= 11 is 6.12. The first-order chi connectivity index (χ1) is 8.19. The zero-order chi connectivity index (χ0) is 12.3. The smallest absolute Gasteiger partial charge is 0.0693 e. The highest BCUT2D eigenvalue weighted by Gasteiger charge is 2.39. The summed E-state index contributed by atoms with van der Waals surface area (Å²) in [5, 5.41) is 10.2. The maximum atomic E-state index is 9.47. The van der Waals surface area contributed by atoms with Gasteiger partial charge in [0.2, 0.25) is 0 Å². The minimum Gasteiger partial charge on any atom is -0.263 e. The van der Waals surface area contributed by atoms with Crippen molar-refractivity contribution in [3.8, 4) is 6.07 Å². The molecular formula is C14H17ClN2. The highest BCUT2D eigenvalue weighted by atomic mass is 35.5. The molecule has 3 heteroatoms. The first-order valence-electron chi connectivity index (χ1n) is 6.19. The van der Waals surface area contributed by atoms with Crippen LogP contribution in [0.4, 0.5) is 0 Å². The van der Waals surface area contributed by atoms with Gasteiger partial charge in [0.05, 0.1) is 16.5 Å². The van der Waals surface area contributed by atoms with Crippen LogP contribution in [-0.2, 0) is 6.42 Å². The number of hydrogen-bond acceptors (Lipinski definition) is 2. The predicted octanol–water partition coefficient (Wildman–Crippen LogP) is 4.00. The zero-order valence-corrected chi connectivity index (χ0v) is 10.9. The van der Waals surface area contributed by atoms with Gasteiger partial charge in [0, 0.05) is 12.4 Å². The van der Waals surface area contributed by atoms with Gasteiger partial charge in [0.1, 0.15) is 0 Å². The van der Waals surface area contributed by atoms with E-state index >= 15 is 0 Å². The van der Waals surface area contributed by atoms with Crippen molar-refractivity contribution in [1.29, 1.82) is 5.26 Å². The molecule has 0 N–H and O–H groups in total. The molecule has 0 bridgehead atoms. The number of nitriles is 1. The highest BCUT2D eigenvalue weighted by molar-refractivity contribution is 6.31. The lowest BCUT2D eigenvalue weighted by Gasteiger charge is -2.21. The van der Waals surface area contributed by atoms with Gasteiger partial charge in [-0.3, -0.25) is 4.98 Å². The number of aromatic nitrogens is 1. The third-order valence-electron chi connectivity index (χ3n) is 3.91. The fourth-order valence-corrected chi connectivity index (χ4v) is 2.99. The Morgan fingerprint density at radius 1 is 1.65 bits per heavy atom. The van der Waals surface area contributed by atoms with Crippen molar-refractivity contribution < 1.29 is 0 Å². The molecule has 1 fully saturated rings. The van der Waals surface area contributed by atoms with Gasteiger partial charge in [-0.2, -0.15) is 5.26 Å². The molecule has 1 aromatic rings. The van der Waals surface area contributed by atoms with Crippen LogP contribution in [0.15, 0.2) is 18.5 Å². The van der Waals surface area contributed by atoms with Crippen LogP contribution in [0.1, 0.15) is 38.2 Å². The molecule has 1 saturated carbocycles. The maximum Gasteiger partial charge on any atom is 0.0693 e. The van der Waals surface area contributed by atoms with E-state index in [0.717, 1.165) is 24.8 Å². The molecule has 0 radical (unpaired) electrons. The van der Waals surface area contributed by atoms with Crippen LogP contribution in [0.3, 0.4) is 0 Å². The van der Waals surface area contributed by atoms with E-state index in [1.807, 2.05) is 6.07 Å². The van der Waals surface area contributed by atoms with Crippen LogP contribution in [0.5, 0.6) is 0 Å². The van der Waals surface area contributed by atoms with Crippen molar-refractivity contribution in [3.05, 3.63) is 29.0 Å². The molecule has 1 aliphatic rings. The van der Waals surface area contributed by atoms with Gasteiger partial charge in [-0.15, -0.1) is 0 Å². The summed E-state index contributed by atoms with van der Waals surface area (Å²) in [5.41, 5.74) is 0.853. The van der Waals surface area contributed by atoms with E-state index < -0.39 is 0 Å². The van der Waals surface area contributed by atoms with Gasteiger partial charge in [0.25, 0.3) is 0 Å². The number of halogens is 1. The Bertz CT molecular complexity index is 438. The predicted molar refractivity (Wildman–Crippen MR) is 68.6 cm³/mol. The molecule has 0 saturated heterocycles. The molecule has 1 aliphatic carbocycles. The van der Waals surface area contributed by atoms with Gasteiger partial charge in [-0.1, -0.05) is 24.9 Å². The molecule has 1 aromatic heterocycles. The standard InChI is InChI=1S/C14H17ClN2/c1-2-11-3-5-14(7-11,10-16)8-12-4-6-17-9-13(12)15/h4,6,9,11H,2-3,5,7-8H2,1H3. The van der Waals surface area contributed by atoms with Gasteiger partial charge in [-0.05, 0) is 43.2 Å². The molecule has 2 nitrogen and oxygen atoms in total. The molecule has 2 unspecified atom stereocenters. The number of hydrogen-bond donors (Lipinski definition) is 0. The van der Waals surface area contributed by atoms with Gasteiger partial charge in [0.15, 0.2) is 0 Å². The molecule has 0 aliphatic heterocycles. The van der Waals surface area contributed by atoms with E-state index in [4.69, 9.17) is 11.6 Å². The Morgan fingerprint density at radius 2 is 2.47 bits per heavy atom. The molecule has 0 spiro atoms. The third-order valence-corrected chi connectivity index (χ3v) is 4.25. The van der Waals surface area contributed by atoms with Crippen molar-refractivity contribution >= 4 is 11.6 Å². The third kappa shape index (κ3) is 2.61. The van der Waals surface area contributed by atoms with E-state index in [-0.39, 0.29) is 5.41 Å². The fourth-order valence-electron chi connectivity index (χ4n) is 2.80. The van der Waals surface area contributed by atoms with Crippen LogP contribution in [-0.4, -0.2) is 4.98 Å². The summed E-state index contributed by atoms with van der Waals surface area (Å²) in [7, 11) is 0. The molecule has 1 heterocycles. The van der Waals surface area contributed by atoms with Crippen molar-refractivity contribution in [2.45, 2.75) is 39.0 Å². The normalized spacial score (nSPS) is 27.9. The molecule has 17 heavy (non-hydrogen) atoms. The van der Waals surface area contributed by atoms with Crippen molar-refractivity contribution in [3.63, 3.8) is 0 Å². The van der Waals surface area contributed by atoms with Crippen molar-refractivity contribution in [2.75, 3.05) is 0 Å². The van der Waals surface area contributed by atoms with Crippen LogP contribution in [0.2, 0.25) is 5.02 Å². The lowest BCUT2D eigenvalue weighted by Crippen LogP contribution is -2.18. The summed E-state index contributed by atoms with van der Waals surface area (Å²) in [6.07, 6.45) is 8.54. The Labute approximate surface area is 108 Å². The van der Waals surface area contributed by atoms with Gasteiger partial charge >= 0.3 is 0 Å². The van der Waals surface area contributed by atoms with Crippen LogP contribution in [0, 0.1) is 22.7 Å². The second-order valence-corrected chi connectivity index (χ2v) is 5.46. The first-order valence-corrected chi connectivity index (χ1v) is 6.56. The van der Waals surface area contributed by atoms with Crippen molar-refractivity contribution in [1.82, 2.24) is 4.98 Å². The van der Waals surface area contributed by atoms with E-state index in [9.17, 15) is 5.26 Å². The Morgan fingerprint density at radius 3 is 3.06 bits per heavy atom.